The molecule has 1 aromatic rings. The molecule has 0 saturated heterocycles. The van der Waals surface area contributed by atoms with Gasteiger partial charge < -0.3 is 0 Å². The number of hydrogen-bond donors (Lipinski definition) is 0. The van der Waals surface area contributed by atoms with Gasteiger partial charge in [-0.05, 0) is 49.3 Å². The smallest absolute Gasteiger partial charge is 0.185 e. The van der Waals surface area contributed by atoms with Gasteiger partial charge in [0.15, 0.2) is 9.84 Å². The van der Waals surface area contributed by atoms with Crippen LogP contribution in [0.25, 0.3) is 0 Å². The summed E-state index contributed by atoms with van der Waals surface area (Å²) in [5, 5.41) is -0.356. The molecule has 0 N–H and O–H groups in total. The second-order valence-corrected chi connectivity index (χ2v) is 7.38. The lowest BCUT2D eigenvalue weighted by molar-refractivity contribution is 0.540. The van der Waals surface area contributed by atoms with E-state index in [-0.39, 0.29) is 5.25 Å². The van der Waals surface area contributed by atoms with Crippen LogP contribution >= 0.6 is 0 Å². The van der Waals surface area contributed by atoms with Crippen LogP contribution < -0.4 is 0 Å². The van der Waals surface area contributed by atoms with Crippen molar-refractivity contribution in [1.29, 1.82) is 0 Å². The minimum atomic E-state index is -3.25. The molecule has 1 aromatic carbocycles. The molecular weight excluding hydrogens is 256 g/mol. The summed E-state index contributed by atoms with van der Waals surface area (Å²) in [5.74, 6) is 0.339. The minimum absolute atomic E-state index is 0.339. The molecule has 0 amide bonds. The van der Waals surface area contributed by atoms with Gasteiger partial charge in [0.25, 0.3) is 0 Å². The summed E-state index contributed by atoms with van der Waals surface area (Å²) in [4.78, 5) is 0.445. The van der Waals surface area contributed by atoms with Gasteiger partial charge >= 0.3 is 0 Å². The molecule has 0 fully saturated rings. The van der Waals surface area contributed by atoms with E-state index in [0.29, 0.717) is 17.2 Å². The molecule has 0 saturated carbocycles. The zero-order chi connectivity index (χ0) is 13.3. The maximum absolute atomic E-state index is 12.8. The maximum Gasteiger partial charge on any atom is 0.185 e. The lowest BCUT2D eigenvalue weighted by Gasteiger charge is -2.31. The van der Waals surface area contributed by atoms with Crippen molar-refractivity contribution < 1.29 is 8.42 Å². The molecule has 2 aliphatic rings. The van der Waals surface area contributed by atoms with E-state index in [1.54, 1.807) is 24.3 Å². The topological polar surface area (TPSA) is 34.1 Å². The zero-order valence-electron chi connectivity index (χ0n) is 10.8. The highest BCUT2D eigenvalue weighted by Crippen LogP contribution is 2.38. The number of hydrogen-bond acceptors (Lipinski definition) is 2. The molecule has 0 heterocycles. The van der Waals surface area contributed by atoms with E-state index in [0.717, 1.165) is 24.8 Å². The van der Waals surface area contributed by atoms with E-state index in [9.17, 15) is 8.42 Å². The Morgan fingerprint density at radius 2 is 1.89 bits per heavy atom. The van der Waals surface area contributed by atoms with Gasteiger partial charge in [-0.25, -0.2) is 8.42 Å². The van der Waals surface area contributed by atoms with E-state index < -0.39 is 9.84 Å². The van der Waals surface area contributed by atoms with Crippen LogP contribution in [0.1, 0.15) is 25.7 Å². The highest BCUT2D eigenvalue weighted by molar-refractivity contribution is 7.92. The summed E-state index contributed by atoms with van der Waals surface area (Å²) in [7, 11) is -3.25. The third-order valence-electron chi connectivity index (χ3n) is 4.06. The molecule has 0 aliphatic heterocycles. The number of benzene rings is 1. The van der Waals surface area contributed by atoms with Crippen LogP contribution in [0.3, 0.4) is 0 Å². The van der Waals surface area contributed by atoms with Crippen LogP contribution in [0.2, 0.25) is 0 Å². The Morgan fingerprint density at radius 1 is 1.11 bits per heavy atom. The van der Waals surface area contributed by atoms with Crippen molar-refractivity contribution in [3.05, 3.63) is 54.1 Å². The van der Waals surface area contributed by atoms with E-state index in [1.807, 2.05) is 12.1 Å². The van der Waals surface area contributed by atoms with Gasteiger partial charge in [-0.1, -0.05) is 36.4 Å². The number of allylic oxidation sites excluding steroid dienone is 3. The first kappa shape index (κ1) is 12.7. The number of sulfone groups is 1. The molecule has 3 rings (SSSR count). The summed E-state index contributed by atoms with van der Waals surface area (Å²) >= 11 is 0. The number of rotatable bonds is 2. The highest BCUT2D eigenvalue weighted by Gasteiger charge is 2.35. The van der Waals surface area contributed by atoms with Gasteiger partial charge in [-0.3, -0.25) is 0 Å². The van der Waals surface area contributed by atoms with Crippen LogP contribution in [-0.4, -0.2) is 13.7 Å². The van der Waals surface area contributed by atoms with Gasteiger partial charge in [0, 0.05) is 0 Å². The van der Waals surface area contributed by atoms with Gasteiger partial charge in [0.1, 0.15) is 0 Å². The third-order valence-corrected chi connectivity index (χ3v) is 6.21. The summed E-state index contributed by atoms with van der Waals surface area (Å²) in [6.45, 7) is 0. The summed E-state index contributed by atoms with van der Waals surface area (Å²) < 4.78 is 25.5. The molecule has 3 heteroatoms. The molecule has 2 nitrogen and oxygen atoms in total. The monoisotopic (exact) mass is 274 g/mol. The average molecular weight is 274 g/mol. The second kappa shape index (κ2) is 4.97. The molecule has 0 unspecified atom stereocenters. The van der Waals surface area contributed by atoms with E-state index in [4.69, 9.17) is 0 Å². The molecule has 2 aliphatic carbocycles. The predicted octanol–water partition coefficient (Wildman–Crippen LogP) is 3.52. The standard InChI is InChI=1S/C16H18O2S/c17-19(18,14-9-2-1-3-10-14)16-12-6-8-13-7-4-5-11-15(13)16/h1-3,6,8-11,13,16H,4-5,7,12H2/t13-,16+/m0/s1. The Kier molecular flexibility index (Phi) is 3.31. The molecule has 0 bridgehead atoms. The van der Waals surface area contributed by atoms with E-state index in [1.165, 1.54) is 0 Å². The Balaban J connectivity index is 2.02. The van der Waals surface area contributed by atoms with Crippen molar-refractivity contribution in [2.24, 2.45) is 5.92 Å². The fourth-order valence-electron chi connectivity index (χ4n) is 3.08. The van der Waals surface area contributed by atoms with Crippen molar-refractivity contribution in [2.45, 2.75) is 35.8 Å². The fraction of sp³-hybridized carbons (Fsp3) is 0.375. The largest absolute Gasteiger partial charge is 0.223 e. The zero-order valence-corrected chi connectivity index (χ0v) is 11.6. The van der Waals surface area contributed by atoms with Gasteiger partial charge in [0.05, 0.1) is 10.1 Å². The lowest BCUT2D eigenvalue weighted by Crippen LogP contribution is -2.30. The van der Waals surface area contributed by atoms with Crippen molar-refractivity contribution >= 4 is 9.84 Å². The molecular formula is C16H18O2S. The van der Waals surface area contributed by atoms with Gasteiger partial charge in [-0.2, -0.15) is 0 Å². The molecule has 0 aromatic heterocycles. The molecule has 0 radical (unpaired) electrons. The third kappa shape index (κ3) is 2.27. The summed E-state index contributed by atoms with van der Waals surface area (Å²) in [5.41, 5.74) is 1.12. The number of fused-ring (bicyclic) bond motifs is 1. The Morgan fingerprint density at radius 3 is 2.68 bits per heavy atom. The quantitative estimate of drug-likeness (QED) is 0.773. The Bertz CT molecular complexity index is 611. The van der Waals surface area contributed by atoms with Crippen LogP contribution in [0.5, 0.6) is 0 Å². The highest BCUT2D eigenvalue weighted by atomic mass is 32.2. The Hall–Kier alpha value is -1.35. The molecule has 0 spiro atoms. The Labute approximate surface area is 114 Å². The SMILES string of the molecule is O=S(=O)(c1ccccc1)[C@@H]1CC=C[C@@H]2CCCC=C21. The van der Waals surface area contributed by atoms with Crippen LogP contribution in [0.4, 0.5) is 0 Å². The van der Waals surface area contributed by atoms with Crippen LogP contribution in [0, 0.1) is 5.92 Å². The first-order valence-electron chi connectivity index (χ1n) is 6.85. The maximum atomic E-state index is 12.8. The van der Waals surface area contributed by atoms with E-state index in [2.05, 4.69) is 12.2 Å². The van der Waals surface area contributed by atoms with Crippen LogP contribution in [-0.2, 0) is 9.84 Å². The minimum Gasteiger partial charge on any atom is -0.223 e. The van der Waals surface area contributed by atoms with Crippen molar-refractivity contribution in [3.8, 4) is 0 Å². The average Bonchev–Trinajstić information content (AvgIpc) is 2.47. The molecule has 100 valence electrons. The lowest BCUT2D eigenvalue weighted by atomic mass is 9.81. The van der Waals surface area contributed by atoms with Gasteiger partial charge in [-0.15, -0.1) is 0 Å². The first-order chi connectivity index (χ1) is 9.19. The van der Waals surface area contributed by atoms with Crippen molar-refractivity contribution in [1.82, 2.24) is 0 Å². The van der Waals surface area contributed by atoms with E-state index >= 15 is 0 Å². The summed E-state index contributed by atoms with van der Waals surface area (Å²) in [6.07, 6.45) is 10.3. The van der Waals surface area contributed by atoms with Gasteiger partial charge in [0.2, 0.25) is 0 Å². The van der Waals surface area contributed by atoms with Crippen molar-refractivity contribution in [2.75, 3.05) is 0 Å². The van der Waals surface area contributed by atoms with Crippen molar-refractivity contribution in [3.63, 3.8) is 0 Å². The van der Waals surface area contributed by atoms with Crippen LogP contribution in [0.15, 0.2) is 59.0 Å². The molecule has 19 heavy (non-hydrogen) atoms. The normalized spacial score (nSPS) is 26.6. The molecule has 2 atom stereocenters. The first-order valence-corrected chi connectivity index (χ1v) is 8.40. The summed E-state index contributed by atoms with van der Waals surface area (Å²) in [6, 6.07) is 8.83. The second-order valence-electron chi connectivity index (χ2n) is 5.25. The fourth-order valence-corrected chi connectivity index (χ4v) is 4.94. The predicted molar refractivity (Wildman–Crippen MR) is 76.6 cm³/mol.